The number of benzene rings is 2. The Morgan fingerprint density at radius 1 is 1.04 bits per heavy atom. The highest BCUT2D eigenvalue weighted by molar-refractivity contribution is 7.88. The Morgan fingerprint density at radius 3 is 2.56 bits per heavy atom. The van der Waals surface area contributed by atoms with Gasteiger partial charge in [0.1, 0.15) is 5.82 Å². The van der Waals surface area contributed by atoms with Crippen LogP contribution >= 0.6 is 0 Å². The van der Waals surface area contributed by atoms with Crippen LogP contribution in [0.3, 0.4) is 0 Å². The van der Waals surface area contributed by atoms with Gasteiger partial charge in [-0.15, -0.1) is 0 Å². The van der Waals surface area contributed by atoms with Crippen molar-refractivity contribution in [2.45, 2.75) is 24.8 Å². The molecule has 0 atom stereocenters. The van der Waals surface area contributed by atoms with Crippen LogP contribution in [0, 0.1) is 5.82 Å². The third-order valence-electron chi connectivity index (χ3n) is 5.14. The SMILES string of the molecule is O=S(=O)(Cc1cccc(F)c1)N1CC(N2CCc3ccccc3C2)C1. The largest absolute Gasteiger partial charge is 0.293 e. The summed E-state index contributed by atoms with van der Waals surface area (Å²) in [6.45, 7) is 2.91. The van der Waals surface area contributed by atoms with E-state index in [1.807, 2.05) is 0 Å². The highest BCUT2D eigenvalue weighted by atomic mass is 32.2. The molecule has 0 saturated carbocycles. The van der Waals surface area contributed by atoms with Crippen molar-refractivity contribution in [2.24, 2.45) is 0 Å². The molecule has 0 amide bonds. The van der Waals surface area contributed by atoms with Gasteiger partial charge in [0.25, 0.3) is 0 Å². The summed E-state index contributed by atoms with van der Waals surface area (Å²) >= 11 is 0. The zero-order valence-electron chi connectivity index (χ0n) is 13.9. The van der Waals surface area contributed by atoms with E-state index < -0.39 is 15.8 Å². The first kappa shape index (κ1) is 16.7. The molecule has 0 bridgehead atoms. The lowest BCUT2D eigenvalue weighted by Gasteiger charge is -2.46. The Labute approximate surface area is 147 Å². The van der Waals surface area contributed by atoms with Gasteiger partial charge in [-0.05, 0) is 35.2 Å². The van der Waals surface area contributed by atoms with Crippen molar-refractivity contribution in [3.05, 3.63) is 71.0 Å². The Bertz CT molecular complexity index is 878. The molecule has 25 heavy (non-hydrogen) atoms. The van der Waals surface area contributed by atoms with E-state index in [-0.39, 0.29) is 11.8 Å². The van der Waals surface area contributed by atoms with E-state index in [9.17, 15) is 12.8 Å². The first-order valence-electron chi connectivity index (χ1n) is 8.54. The number of sulfonamides is 1. The highest BCUT2D eigenvalue weighted by Gasteiger charge is 2.39. The van der Waals surface area contributed by atoms with Gasteiger partial charge in [-0.3, -0.25) is 4.90 Å². The lowest BCUT2D eigenvalue weighted by atomic mass is 9.97. The molecule has 0 unspecified atom stereocenters. The van der Waals surface area contributed by atoms with Gasteiger partial charge in [0.05, 0.1) is 5.75 Å². The molecular weight excluding hydrogens is 339 g/mol. The molecule has 2 aliphatic heterocycles. The molecule has 4 nitrogen and oxygen atoms in total. The van der Waals surface area contributed by atoms with Crippen LogP contribution in [-0.2, 0) is 28.7 Å². The molecule has 0 aliphatic carbocycles. The maximum Gasteiger partial charge on any atom is 0.218 e. The van der Waals surface area contributed by atoms with E-state index in [1.165, 1.54) is 27.6 Å². The predicted molar refractivity (Wildman–Crippen MR) is 94.9 cm³/mol. The van der Waals surface area contributed by atoms with Crippen molar-refractivity contribution in [3.8, 4) is 0 Å². The minimum absolute atomic E-state index is 0.139. The van der Waals surface area contributed by atoms with Gasteiger partial charge in [-0.25, -0.2) is 12.8 Å². The summed E-state index contributed by atoms with van der Waals surface area (Å²) in [7, 11) is -3.39. The van der Waals surface area contributed by atoms with Crippen LogP contribution in [0.1, 0.15) is 16.7 Å². The average Bonchev–Trinajstić information content (AvgIpc) is 2.52. The Hall–Kier alpha value is -1.76. The molecule has 2 aromatic rings. The summed E-state index contributed by atoms with van der Waals surface area (Å²) in [5, 5.41) is 0. The molecule has 4 rings (SSSR count). The van der Waals surface area contributed by atoms with E-state index >= 15 is 0 Å². The van der Waals surface area contributed by atoms with Crippen LogP contribution in [0.2, 0.25) is 0 Å². The van der Waals surface area contributed by atoms with E-state index in [4.69, 9.17) is 0 Å². The molecule has 2 aliphatic rings. The second kappa shape index (κ2) is 6.52. The Kier molecular flexibility index (Phi) is 4.35. The normalized spacial score (nSPS) is 19.4. The minimum Gasteiger partial charge on any atom is -0.293 e. The Morgan fingerprint density at radius 2 is 1.80 bits per heavy atom. The van der Waals surface area contributed by atoms with Crippen LogP contribution in [0.5, 0.6) is 0 Å². The van der Waals surface area contributed by atoms with Crippen molar-refractivity contribution < 1.29 is 12.8 Å². The van der Waals surface area contributed by atoms with E-state index in [0.717, 1.165) is 19.5 Å². The second-order valence-corrected chi connectivity index (χ2v) is 8.82. The average molecular weight is 360 g/mol. The van der Waals surface area contributed by atoms with Crippen molar-refractivity contribution in [1.82, 2.24) is 9.21 Å². The lowest BCUT2D eigenvalue weighted by Crippen LogP contribution is -2.61. The van der Waals surface area contributed by atoms with Crippen molar-refractivity contribution in [3.63, 3.8) is 0 Å². The maximum atomic E-state index is 13.3. The molecule has 132 valence electrons. The van der Waals surface area contributed by atoms with Gasteiger partial charge in [-0.2, -0.15) is 4.31 Å². The van der Waals surface area contributed by atoms with E-state index in [0.29, 0.717) is 18.7 Å². The van der Waals surface area contributed by atoms with Crippen LogP contribution < -0.4 is 0 Å². The van der Waals surface area contributed by atoms with Gasteiger partial charge < -0.3 is 0 Å². The van der Waals surface area contributed by atoms with Crippen LogP contribution in [0.25, 0.3) is 0 Å². The van der Waals surface area contributed by atoms with Gasteiger partial charge in [-0.1, -0.05) is 36.4 Å². The summed E-state index contributed by atoms with van der Waals surface area (Å²) in [4.78, 5) is 2.37. The van der Waals surface area contributed by atoms with E-state index in [2.05, 4.69) is 29.2 Å². The third kappa shape index (κ3) is 3.47. The summed E-state index contributed by atoms with van der Waals surface area (Å²) in [5.74, 6) is -0.540. The first-order chi connectivity index (χ1) is 12.0. The molecule has 2 heterocycles. The standard InChI is InChI=1S/C19H21FN2O2S/c20-18-7-3-4-15(10-18)14-25(23,24)22-12-19(13-22)21-9-8-16-5-1-2-6-17(16)11-21/h1-7,10,19H,8-9,11-14H2. The van der Waals surface area contributed by atoms with Gasteiger partial charge in [0.15, 0.2) is 0 Å². The fourth-order valence-electron chi connectivity index (χ4n) is 3.63. The fourth-order valence-corrected chi connectivity index (χ4v) is 5.21. The van der Waals surface area contributed by atoms with Gasteiger partial charge in [0, 0.05) is 32.2 Å². The number of nitrogens with zero attached hydrogens (tertiary/aromatic N) is 2. The minimum atomic E-state index is -3.39. The lowest BCUT2D eigenvalue weighted by molar-refractivity contribution is 0.0768. The molecule has 2 aromatic carbocycles. The van der Waals surface area contributed by atoms with Gasteiger partial charge >= 0.3 is 0 Å². The molecule has 1 saturated heterocycles. The van der Waals surface area contributed by atoms with E-state index in [1.54, 1.807) is 12.1 Å². The van der Waals surface area contributed by atoms with Crippen molar-refractivity contribution in [2.75, 3.05) is 19.6 Å². The predicted octanol–water partition coefficient (Wildman–Crippen LogP) is 2.40. The zero-order chi connectivity index (χ0) is 17.4. The van der Waals surface area contributed by atoms with Gasteiger partial charge in [0.2, 0.25) is 10.0 Å². The first-order valence-corrected chi connectivity index (χ1v) is 10.2. The fraction of sp³-hybridized carbons (Fsp3) is 0.368. The highest BCUT2D eigenvalue weighted by Crippen LogP contribution is 2.26. The summed E-state index contributed by atoms with van der Waals surface area (Å²) in [6.07, 6.45) is 1.02. The quantitative estimate of drug-likeness (QED) is 0.841. The van der Waals surface area contributed by atoms with Crippen LogP contribution in [0.15, 0.2) is 48.5 Å². The zero-order valence-corrected chi connectivity index (χ0v) is 14.8. The maximum absolute atomic E-state index is 13.3. The summed E-state index contributed by atoms with van der Waals surface area (Å²) < 4.78 is 39.8. The third-order valence-corrected chi connectivity index (χ3v) is 6.92. The monoisotopic (exact) mass is 360 g/mol. The van der Waals surface area contributed by atoms with Crippen LogP contribution in [0.4, 0.5) is 4.39 Å². The molecule has 1 fully saturated rings. The molecule has 6 heteroatoms. The smallest absolute Gasteiger partial charge is 0.218 e. The second-order valence-electron chi connectivity index (χ2n) is 6.85. The number of hydrogen-bond acceptors (Lipinski definition) is 3. The summed E-state index contributed by atoms with van der Waals surface area (Å²) in [6, 6.07) is 14.5. The number of halogens is 1. The molecule has 0 aromatic heterocycles. The molecular formula is C19H21FN2O2S. The molecule has 0 spiro atoms. The topological polar surface area (TPSA) is 40.6 Å². The van der Waals surface area contributed by atoms with Crippen molar-refractivity contribution in [1.29, 1.82) is 0 Å². The Balaban J connectivity index is 1.37. The molecule has 0 radical (unpaired) electrons. The van der Waals surface area contributed by atoms with Crippen LogP contribution in [-0.4, -0.2) is 43.3 Å². The summed E-state index contributed by atoms with van der Waals surface area (Å²) in [5.41, 5.74) is 3.24. The number of rotatable bonds is 4. The number of hydrogen-bond donors (Lipinski definition) is 0. The molecule has 0 N–H and O–H groups in total. The van der Waals surface area contributed by atoms with Crippen molar-refractivity contribution >= 4 is 10.0 Å². The number of fused-ring (bicyclic) bond motifs is 1.